The summed E-state index contributed by atoms with van der Waals surface area (Å²) in [4.78, 5) is 0. The van der Waals surface area contributed by atoms with E-state index in [1.54, 1.807) is 24.3 Å². The van der Waals surface area contributed by atoms with Crippen molar-refractivity contribution in [2.24, 2.45) is 0 Å². The maximum atomic E-state index is 12.2. The molecule has 2 rings (SSSR count). The zero-order chi connectivity index (χ0) is 13.2. The lowest BCUT2D eigenvalue weighted by atomic mass is 10.0. The zero-order valence-corrected chi connectivity index (χ0v) is 9.16. The first kappa shape index (κ1) is 12.2. The summed E-state index contributed by atoms with van der Waals surface area (Å²) in [6.07, 6.45) is -4.69. The number of hydrogen-bond donors (Lipinski definition) is 0. The van der Waals surface area contributed by atoms with Gasteiger partial charge in [0.1, 0.15) is 5.75 Å². The summed E-state index contributed by atoms with van der Waals surface area (Å²) in [5, 5.41) is 10.1. The van der Waals surface area contributed by atoms with Gasteiger partial charge in [-0.25, -0.2) is 0 Å². The van der Waals surface area contributed by atoms with E-state index in [1.807, 2.05) is 6.07 Å². The molecule has 0 aromatic heterocycles. The van der Waals surface area contributed by atoms with Crippen LogP contribution >= 0.6 is 0 Å². The highest BCUT2D eigenvalue weighted by Gasteiger charge is 2.31. The second-order valence-electron chi connectivity index (χ2n) is 3.69. The third kappa shape index (κ3) is 2.72. The molecule has 0 amide bonds. The van der Waals surface area contributed by atoms with E-state index in [0.717, 1.165) is 5.39 Å². The zero-order valence-electron chi connectivity index (χ0n) is 9.16. The van der Waals surface area contributed by atoms with E-state index in [1.165, 1.54) is 12.1 Å². The van der Waals surface area contributed by atoms with E-state index in [2.05, 4.69) is 4.74 Å². The molecule has 2 aromatic rings. The van der Waals surface area contributed by atoms with Gasteiger partial charge in [-0.3, -0.25) is 0 Å². The molecule has 2 nitrogen and oxygen atoms in total. The third-order valence-electron chi connectivity index (χ3n) is 2.42. The monoisotopic (exact) mass is 251 g/mol. The SMILES string of the molecule is N#CCc1cc(OC(F)(F)F)cc2ccccc12. The topological polar surface area (TPSA) is 33.0 Å². The third-order valence-corrected chi connectivity index (χ3v) is 2.42. The van der Waals surface area contributed by atoms with Crippen LogP contribution in [0.25, 0.3) is 10.8 Å². The molecule has 5 heteroatoms. The van der Waals surface area contributed by atoms with E-state index in [0.29, 0.717) is 10.9 Å². The largest absolute Gasteiger partial charge is 0.573 e. The fraction of sp³-hybridized carbons (Fsp3) is 0.154. The predicted octanol–water partition coefficient (Wildman–Crippen LogP) is 3.80. The molecule has 18 heavy (non-hydrogen) atoms. The van der Waals surface area contributed by atoms with Crippen LogP contribution in [0.15, 0.2) is 36.4 Å². The molecule has 0 aliphatic carbocycles. The standard InChI is InChI=1S/C13H8F3NO/c14-13(15,16)18-11-7-9-3-1-2-4-12(9)10(8-11)5-6-17/h1-4,7-8H,5H2. The van der Waals surface area contributed by atoms with Crippen LogP contribution < -0.4 is 4.74 Å². The summed E-state index contributed by atoms with van der Waals surface area (Å²) in [6.45, 7) is 0. The first-order valence-electron chi connectivity index (χ1n) is 5.14. The van der Waals surface area contributed by atoms with Crippen molar-refractivity contribution in [2.75, 3.05) is 0 Å². The Morgan fingerprint density at radius 1 is 1.17 bits per heavy atom. The lowest BCUT2D eigenvalue weighted by molar-refractivity contribution is -0.274. The first-order chi connectivity index (χ1) is 8.49. The van der Waals surface area contributed by atoms with Gasteiger partial charge in [0, 0.05) is 0 Å². The van der Waals surface area contributed by atoms with Gasteiger partial charge in [0.25, 0.3) is 0 Å². The maximum Gasteiger partial charge on any atom is 0.573 e. The van der Waals surface area contributed by atoms with Crippen molar-refractivity contribution in [3.05, 3.63) is 42.0 Å². The van der Waals surface area contributed by atoms with Gasteiger partial charge in [-0.15, -0.1) is 13.2 Å². The highest BCUT2D eigenvalue weighted by Crippen LogP contribution is 2.29. The molecule has 92 valence electrons. The van der Waals surface area contributed by atoms with Crippen LogP contribution in [0.1, 0.15) is 5.56 Å². The second-order valence-corrected chi connectivity index (χ2v) is 3.69. The average molecular weight is 251 g/mol. The van der Waals surface area contributed by atoms with Crippen LogP contribution in [0, 0.1) is 11.3 Å². The molecule has 0 aliphatic rings. The molecule has 0 radical (unpaired) electrons. The molecule has 0 spiro atoms. The highest BCUT2D eigenvalue weighted by molar-refractivity contribution is 5.87. The molecular weight excluding hydrogens is 243 g/mol. The van der Waals surface area contributed by atoms with Crippen molar-refractivity contribution in [1.82, 2.24) is 0 Å². The minimum absolute atomic E-state index is 0.0373. The Bertz CT molecular complexity index is 614. The van der Waals surface area contributed by atoms with Crippen molar-refractivity contribution < 1.29 is 17.9 Å². The summed E-state index contributed by atoms with van der Waals surface area (Å²) in [5.41, 5.74) is 0.523. The molecule has 0 aliphatic heterocycles. The number of alkyl halides is 3. The van der Waals surface area contributed by atoms with Crippen LogP contribution in [-0.2, 0) is 6.42 Å². The Morgan fingerprint density at radius 2 is 1.89 bits per heavy atom. The predicted molar refractivity (Wildman–Crippen MR) is 59.9 cm³/mol. The molecule has 0 saturated heterocycles. The van der Waals surface area contributed by atoms with E-state index in [-0.39, 0.29) is 12.2 Å². The quantitative estimate of drug-likeness (QED) is 0.813. The highest BCUT2D eigenvalue weighted by atomic mass is 19.4. The first-order valence-corrected chi connectivity index (χ1v) is 5.14. The van der Waals surface area contributed by atoms with Crippen molar-refractivity contribution in [2.45, 2.75) is 12.8 Å². The van der Waals surface area contributed by atoms with Gasteiger partial charge in [0.2, 0.25) is 0 Å². The number of nitriles is 1. The molecule has 0 N–H and O–H groups in total. The fourth-order valence-corrected chi connectivity index (χ4v) is 1.78. The maximum absolute atomic E-state index is 12.2. The minimum Gasteiger partial charge on any atom is -0.406 e. The van der Waals surface area contributed by atoms with Crippen LogP contribution in [0.5, 0.6) is 5.75 Å². The van der Waals surface area contributed by atoms with Crippen LogP contribution in [0.4, 0.5) is 13.2 Å². The molecule has 0 atom stereocenters. The Labute approximate surface area is 101 Å². The van der Waals surface area contributed by atoms with E-state index in [4.69, 9.17) is 5.26 Å². The summed E-state index contributed by atoms with van der Waals surface area (Å²) in [6, 6.07) is 11.4. The molecule has 0 bridgehead atoms. The lowest BCUT2D eigenvalue weighted by Gasteiger charge is -2.11. The average Bonchev–Trinajstić information content (AvgIpc) is 2.27. The Balaban J connectivity index is 2.54. The van der Waals surface area contributed by atoms with Gasteiger partial charge in [-0.1, -0.05) is 24.3 Å². The van der Waals surface area contributed by atoms with Crippen LogP contribution in [0.3, 0.4) is 0 Å². The number of benzene rings is 2. The molecule has 2 aromatic carbocycles. The number of hydrogen-bond acceptors (Lipinski definition) is 2. The summed E-state index contributed by atoms with van der Waals surface area (Å²) in [7, 11) is 0. The lowest BCUT2D eigenvalue weighted by Crippen LogP contribution is -2.17. The van der Waals surface area contributed by atoms with Crippen LogP contribution in [-0.4, -0.2) is 6.36 Å². The van der Waals surface area contributed by atoms with Crippen LogP contribution in [0.2, 0.25) is 0 Å². The van der Waals surface area contributed by atoms with Crippen molar-refractivity contribution >= 4 is 10.8 Å². The minimum atomic E-state index is -4.73. The summed E-state index contributed by atoms with van der Waals surface area (Å²) >= 11 is 0. The Morgan fingerprint density at radius 3 is 2.56 bits per heavy atom. The fourth-order valence-electron chi connectivity index (χ4n) is 1.78. The molecule has 0 saturated carbocycles. The number of fused-ring (bicyclic) bond motifs is 1. The van der Waals surface area contributed by atoms with Gasteiger partial charge in [0.05, 0.1) is 12.5 Å². The number of ether oxygens (including phenoxy) is 1. The van der Waals surface area contributed by atoms with E-state index >= 15 is 0 Å². The van der Waals surface area contributed by atoms with Gasteiger partial charge in [-0.05, 0) is 28.5 Å². The smallest absolute Gasteiger partial charge is 0.406 e. The van der Waals surface area contributed by atoms with Crippen molar-refractivity contribution in [3.63, 3.8) is 0 Å². The number of nitrogens with zero attached hydrogens (tertiary/aromatic N) is 1. The Hall–Kier alpha value is -2.22. The van der Waals surface area contributed by atoms with Gasteiger partial charge < -0.3 is 4.74 Å². The number of halogens is 3. The Kier molecular flexibility index (Phi) is 3.11. The molecular formula is C13H8F3NO. The van der Waals surface area contributed by atoms with E-state index < -0.39 is 6.36 Å². The van der Waals surface area contributed by atoms with Gasteiger partial charge in [-0.2, -0.15) is 5.26 Å². The van der Waals surface area contributed by atoms with E-state index in [9.17, 15) is 13.2 Å². The molecule has 0 fully saturated rings. The van der Waals surface area contributed by atoms with Crippen molar-refractivity contribution in [3.8, 4) is 11.8 Å². The van der Waals surface area contributed by atoms with Gasteiger partial charge >= 0.3 is 6.36 Å². The summed E-state index contributed by atoms with van der Waals surface area (Å²) < 4.78 is 40.4. The van der Waals surface area contributed by atoms with Gasteiger partial charge in [0.15, 0.2) is 0 Å². The van der Waals surface area contributed by atoms with Crippen molar-refractivity contribution in [1.29, 1.82) is 5.26 Å². The summed E-state index contributed by atoms with van der Waals surface area (Å²) in [5.74, 6) is -0.300. The normalized spacial score (nSPS) is 11.2. The molecule has 0 unspecified atom stereocenters. The molecule has 0 heterocycles. The number of rotatable bonds is 2. The second kappa shape index (κ2) is 4.57.